The molecule has 0 radical (unpaired) electrons. The average Bonchev–Trinajstić information content (AvgIpc) is 3.32. The molecule has 0 unspecified atom stereocenters. The van der Waals surface area contributed by atoms with Gasteiger partial charge in [0.25, 0.3) is 5.91 Å². The van der Waals surface area contributed by atoms with Crippen LogP contribution >= 0.6 is 0 Å². The van der Waals surface area contributed by atoms with E-state index in [1.807, 2.05) is 6.92 Å². The SMILES string of the molecule is CCC(=O)N1CCc2cc(C(=O)Nc3cc4c(cc3C(C)=O)OCO4)ccc21. The number of hydrogen-bond acceptors (Lipinski definition) is 5. The van der Waals surface area contributed by atoms with E-state index in [0.29, 0.717) is 47.7 Å². The van der Waals surface area contributed by atoms with Gasteiger partial charge in [-0.3, -0.25) is 14.4 Å². The molecule has 0 aromatic heterocycles. The summed E-state index contributed by atoms with van der Waals surface area (Å²) in [6.45, 7) is 3.98. The van der Waals surface area contributed by atoms with Crippen molar-refractivity contribution in [3.63, 3.8) is 0 Å². The Morgan fingerprint density at radius 1 is 1.11 bits per heavy atom. The van der Waals surface area contributed by atoms with Crippen LogP contribution < -0.4 is 19.7 Å². The van der Waals surface area contributed by atoms with Gasteiger partial charge in [-0.05, 0) is 43.2 Å². The highest BCUT2D eigenvalue weighted by atomic mass is 16.7. The van der Waals surface area contributed by atoms with E-state index < -0.39 is 0 Å². The van der Waals surface area contributed by atoms with E-state index in [0.717, 1.165) is 11.3 Å². The third kappa shape index (κ3) is 3.09. The molecule has 1 N–H and O–H groups in total. The van der Waals surface area contributed by atoms with Crippen LogP contribution in [0.25, 0.3) is 0 Å². The van der Waals surface area contributed by atoms with Gasteiger partial charge in [0, 0.05) is 35.8 Å². The maximum atomic E-state index is 12.8. The van der Waals surface area contributed by atoms with Crippen LogP contribution in [0.1, 0.15) is 46.5 Å². The number of carbonyl (C=O) groups excluding carboxylic acids is 3. The maximum Gasteiger partial charge on any atom is 0.255 e. The number of rotatable bonds is 4. The lowest BCUT2D eigenvalue weighted by molar-refractivity contribution is -0.118. The van der Waals surface area contributed by atoms with Crippen molar-refractivity contribution >= 4 is 29.0 Å². The fourth-order valence-electron chi connectivity index (χ4n) is 3.52. The Morgan fingerprint density at radius 2 is 1.86 bits per heavy atom. The number of carbonyl (C=O) groups is 3. The van der Waals surface area contributed by atoms with Crippen LogP contribution in [0.5, 0.6) is 11.5 Å². The fraction of sp³-hybridized carbons (Fsp3) is 0.286. The van der Waals surface area contributed by atoms with Crippen molar-refractivity contribution in [1.82, 2.24) is 0 Å². The van der Waals surface area contributed by atoms with Crippen LogP contribution in [-0.4, -0.2) is 30.9 Å². The molecule has 0 bridgehead atoms. The summed E-state index contributed by atoms with van der Waals surface area (Å²) in [7, 11) is 0. The molecule has 0 spiro atoms. The first kappa shape index (κ1) is 18.0. The lowest BCUT2D eigenvalue weighted by Crippen LogP contribution is -2.27. The zero-order valence-corrected chi connectivity index (χ0v) is 15.7. The molecule has 4 rings (SSSR count). The summed E-state index contributed by atoms with van der Waals surface area (Å²) < 4.78 is 10.6. The molecule has 0 saturated carbocycles. The second kappa shape index (κ2) is 6.99. The quantitative estimate of drug-likeness (QED) is 0.824. The number of ether oxygens (including phenoxy) is 2. The van der Waals surface area contributed by atoms with Crippen LogP contribution in [0.15, 0.2) is 30.3 Å². The number of Topliss-reactive ketones (excluding diaryl/α,β-unsaturated/α-hetero) is 1. The Labute approximate surface area is 162 Å². The zero-order valence-electron chi connectivity index (χ0n) is 15.7. The molecule has 2 aliphatic rings. The highest BCUT2D eigenvalue weighted by Crippen LogP contribution is 2.37. The van der Waals surface area contributed by atoms with Crippen LogP contribution in [0.3, 0.4) is 0 Å². The summed E-state index contributed by atoms with van der Waals surface area (Å²) in [5, 5.41) is 2.80. The number of nitrogens with zero attached hydrogens (tertiary/aromatic N) is 1. The van der Waals surface area contributed by atoms with Crippen molar-refractivity contribution < 1.29 is 23.9 Å². The molecule has 2 heterocycles. The molecule has 2 amide bonds. The number of benzene rings is 2. The molecule has 0 atom stereocenters. The third-order valence-corrected chi connectivity index (χ3v) is 4.98. The third-order valence-electron chi connectivity index (χ3n) is 4.98. The summed E-state index contributed by atoms with van der Waals surface area (Å²) in [5.41, 5.74) is 3.03. The van der Waals surface area contributed by atoms with Crippen molar-refractivity contribution in [3.8, 4) is 11.5 Å². The van der Waals surface area contributed by atoms with Gasteiger partial charge in [0.1, 0.15) is 0 Å². The predicted octanol–water partition coefficient (Wildman–Crippen LogP) is 3.17. The van der Waals surface area contributed by atoms with E-state index in [2.05, 4.69) is 5.32 Å². The smallest absolute Gasteiger partial charge is 0.255 e. The highest BCUT2D eigenvalue weighted by Gasteiger charge is 2.25. The second-order valence-electron chi connectivity index (χ2n) is 6.75. The minimum absolute atomic E-state index is 0.0717. The first-order valence-corrected chi connectivity index (χ1v) is 9.17. The van der Waals surface area contributed by atoms with Gasteiger partial charge in [-0.15, -0.1) is 0 Å². The van der Waals surface area contributed by atoms with Crippen LogP contribution in [-0.2, 0) is 11.2 Å². The first-order chi connectivity index (χ1) is 13.5. The largest absolute Gasteiger partial charge is 0.454 e. The zero-order chi connectivity index (χ0) is 19.8. The number of anilines is 2. The summed E-state index contributed by atoms with van der Waals surface area (Å²) in [6, 6.07) is 8.48. The number of ketones is 1. The number of amides is 2. The van der Waals surface area contributed by atoms with Crippen LogP contribution in [0.2, 0.25) is 0 Å². The highest BCUT2D eigenvalue weighted by molar-refractivity contribution is 6.10. The average molecular weight is 380 g/mol. The fourth-order valence-corrected chi connectivity index (χ4v) is 3.52. The van der Waals surface area contributed by atoms with Gasteiger partial charge >= 0.3 is 0 Å². The predicted molar refractivity (Wildman–Crippen MR) is 103 cm³/mol. The Morgan fingerprint density at radius 3 is 2.57 bits per heavy atom. The van der Waals surface area contributed by atoms with Crippen molar-refractivity contribution in [2.45, 2.75) is 26.7 Å². The normalized spacial score (nSPS) is 14.0. The molecule has 7 heteroatoms. The Hall–Kier alpha value is -3.35. The Bertz CT molecular complexity index is 999. The molecule has 0 saturated heterocycles. The van der Waals surface area contributed by atoms with Crippen molar-refractivity contribution in [2.24, 2.45) is 0 Å². The lowest BCUT2D eigenvalue weighted by atomic mass is 10.1. The van der Waals surface area contributed by atoms with Gasteiger partial charge < -0.3 is 19.7 Å². The van der Waals surface area contributed by atoms with Gasteiger partial charge in [-0.2, -0.15) is 0 Å². The lowest BCUT2D eigenvalue weighted by Gasteiger charge is -2.16. The van der Waals surface area contributed by atoms with E-state index >= 15 is 0 Å². The monoisotopic (exact) mass is 380 g/mol. The minimum atomic E-state index is -0.329. The maximum absolute atomic E-state index is 12.8. The van der Waals surface area contributed by atoms with Crippen LogP contribution in [0.4, 0.5) is 11.4 Å². The molecule has 2 aromatic rings. The molecule has 2 aromatic carbocycles. The number of hydrogen-bond donors (Lipinski definition) is 1. The van der Waals surface area contributed by atoms with Gasteiger partial charge in [0.15, 0.2) is 17.3 Å². The van der Waals surface area contributed by atoms with Crippen molar-refractivity contribution in [3.05, 3.63) is 47.0 Å². The molecule has 0 aliphatic carbocycles. The van der Waals surface area contributed by atoms with E-state index in [1.165, 1.54) is 6.92 Å². The Kier molecular flexibility index (Phi) is 4.50. The van der Waals surface area contributed by atoms with Gasteiger partial charge in [0.05, 0.1) is 5.69 Å². The summed E-state index contributed by atoms with van der Waals surface area (Å²) in [4.78, 5) is 38.5. The summed E-state index contributed by atoms with van der Waals surface area (Å²) in [6.07, 6.45) is 1.16. The first-order valence-electron chi connectivity index (χ1n) is 9.17. The Balaban J connectivity index is 1.60. The van der Waals surface area contributed by atoms with E-state index in [-0.39, 0.29) is 24.4 Å². The summed E-state index contributed by atoms with van der Waals surface area (Å²) in [5.74, 6) is 0.535. The molecule has 2 aliphatic heterocycles. The van der Waals surface area contributed by atoms with E-state index in [9.17, 15) is 14.4 Å². The molecular formula is C21H20N2O5. The second-order valence-corrected chi connectivity index (χ2v) is 6.75. The van der Waals surface area contributed by atoms with Crippen LogP contribution in [0, 0.1) is 0 Å². The van der Waals surface area contributed by atoms with Gasteiger partial charge in [-0.1, -0.05) is 6.92 Å². The summed E-state index contributed by atoms with van der Waals surface area (Å²) >= 11 is 0. The molecule has 144 valence electrons. The van der Waals surface area contributed by atoms with Crippen molar-refractivity contribution in [1.29, 1.82) is 0 Å². The topological polar surface area (TPSA) is 84.9 Å². The van der Waals surface area contributed by atoms with Gasteiger partial charge in [-0.25, -0.2) is 0 Å². The van der Waals surface area contributed by atoms with E-state index in [1.54, 1.807) is 35.2 Å². The standard InChI is InChI=1S/C21H20N2O5/c1-3-20(25)23-7-6-13-8-14(4-5-17(13)23)21(26)22-16-10-19-18(27-11-28-19)9-15(16)12(2)24/h4-5,8-10H,3,6-7,11H2,1-2H3,(H,22,26). The van der Waals surface area contributed by atoms with E-state index in [4.69, 9.17) is 9.47 Å². The number of fused-ring (bicyclic) bond motifs is 2. The van der Waals surface area contributed by atoms with Gasteiger partial charge in [0.2, 0.25) is 12.7 Å². The molecule has 28 heavy (non-hydrogen) atoms. The minimum Gasteiger partial charge on any atom is -0.454 e. The number of nitrogens with one attached hydrogen (secondary N) is 1. The van der Waals surface area contributed by atoms with Crippen molar-refractivity contribution in [2.75, 3.05) is 23.6 Å². The molecular weight excluding hydrogens is 360 g/mol. The molecule has 0 fully saturated rings. The molecule has 7 nitrogen and oxygen atoms in total.